The Hall–Kier alpha value is -1.68. The van der Waals surface area contributed by atoms with E-state index in [1.54, 1.807) is 7.11 Å². The van der Waals surface area contributed by atoms with Gasteiger partial charge in [-0.15, -0.1) is 0 Å². The lowest BCUT2D eigenvalue weighted by Crippen LogP contribution is -2.50. The Kier molecular flexibility index (Phi) is 4.05. The maximum atomic E-state index is 12.8. The van der Waals surface area contributed by atoms with Crippen molar-refractivity contribution in [3.05, 3.63) is 29.8 Å². The molecule has 2 aliphatic rings. The minimum Gasteiger partial charge on any atom is -0.497 e. The second-order valence-corrected chi connectivity index (χ2v) is 7.23. The first kappa shape index (κ1) is 16.2. The molecule has 1 unspecified atom stereocenters. The van der Waals surface area contributed by atoms with E-state index in [0.717, 1.165) is 17.7 Å². The van der Waals surface area contributed by atoms with Gasteiger partial charge in [-0.05, 0) is 50.3 Å². The first-order valence-corrected chi connectivity index (χ1v) is 8.29. The number of ketones is 2. The highest BCUT2D eigenvalue weighted by atomic mass is 16.5. The maximum absolute atomic E-state index is 12.8. The number of aliphatic hydroxyl groups is 1. The van der Waals surface area contributed by atoms with E-state index in [1.807, 2.05) is 31.2 Å². The molecule has 0 bridgehead atoms. The number of hydrogen-bond donors (Lipinski definition) is 1. The van der Waals surface area contributed by atoms with Crippen LogP contribution in [0.3, 0.4) is 0 Å². The van der Waals surface area contributed by atoms with Crippen molar-refractivity contribution in [1.29, 1.82) is 0 Å². The summed E-state index contributed by atoms with van der Waals surface area (Å²) in [4.78, 5) is 24.6. The Morgan fingerprint density at radius 1 is 1.35 bits per heavy atom. The number of ether oxygens (including phenoxy) is 1. The summed E-state index contributed by atoms with van der Waals surface area (Å²) in [6.45, 7) is 1.84. The van der Waals surface area contributed by atoms with Gasteiger partial charge >= 0.3 is 0 Å². The number of Topliss-reactive ketones (excluding diaryl/α,β-unsaturated/α-hetero) is 2. The van der Waals surface area contributed by atoms with Crippen LogP contribution in [0.2, 0.25) is 0 Å². The predicted octanol–water partition coefficient (Wildman–Crippen LogP) is 2.71. The molecule has 1 aromatic carbocycles. The Bertz CT molecular complexity index is 638. The van der Waals surface area contributed by atoms with Crippen molar-refractivity contribution in [2.75, 3.05) is 7.11 Å². The van der Waals surface area contributed by atoms with Crippen LogP contribution in [0.1, 0.15) is 44.6 Å². The summed E-state index contributed by atoms with van der Waals surface area (Å²) >= 11 is 0. The second-order valence-electron chi connectivity index (χ2n) is 7.23. The molecule has 0 saturated heterocycles. The van der Waals surface area contributed by atoms with Crippen LogP contribution < -0.4 is 4.74 Å². The molecular weight excluding hydrogens is 292 g/mol. The molecule has 1 N–H and O–H groups in total. The van der Waals surface area contributed by atoms with Gasteiger partial charge in [0.05, 0.1) is 18.1 Å². The summed E-state index contributed by atoms with van der Waals surface area (Å²) in [5.74, 6) is 0.855. The molecular formula is C19H24O4. The number of carbonyl (C=O) groups excluding carboxylic acids is 2. The van der Waals surface area contributed by atoms with Gasteiger partial charge in [0.1, 0.15) is 17.3 Å². The van der Waals surface area contributed by atoms with Crippen molar-refractivity contribution in [2.24, 2.45) is 11.3 Å². The van der Waals surface area contributed by atoms with Crippen LogP contribution in [0.15, 0.2) is 24.3 Å². The van der Waals surface area contributed by atoms with Crippen molar-refractivity contribution < 1.29 is 19.4 Å². The quantitative estimate of drug-likeness (QED) is 0.927. The van der Waals surface area contributed by atoms with Crippen LogP contribution in [-0.2, 0) is 16.0 Å². The lowest BCUT2D eigenvalue weighted by molar-refractivity contribution is -0.148. The average molecular weight is 316 g/mol. The van der Waals surface area contributed by atoms with Gasteiger partial charge in [-0.1, -0.05) is 12.1 Å². The van der Waals surface area contributed by atoms with Gasteiger partial charge in [0.25, 0.3) is 0 Å². The standard InChI is InChI=1S/C19H24O4/c1-18-9-8-15(20)12-19(18,22)11-14(17(18)21)7-6-13-4-3-5-16(10-13)23-2/h3-5,10,14,22H,6-9,11-12H2,1-2H3/t14?,18-,19+/m0/s1. The molecule has 4 heteroatoms. The van der Waals surface area contributed by atoms with E-state index in [1.165, 1.54) is 0 Å². The minimum absolute atomic E-state index is 0.0752. The van der Waals surface area contributed by atoms with Crippen molar-refractivity contribution in [2.45, 2.75) is 51.0 Å². The van der Waals surface area contributed by atoms with Gasteiger partial charge in [-0.2, -0.15) is 0 Å². The third-order valence-electron chi connectivity index (χ3n) is 5.83. The number of rotatable bonds is 4. The number of aryl methyl sites for hydroxylation is 1. The summed E-state index contributed by atoms with van der Waals surface area (Å²) < 4.78 is 5.22. The zero-order valence-corrected chi connectivity index (χ0v) is 13.8. The number of fused-ring (bicyclic) bond motifs is 1. The van der Waals surface area contributed by atoms with Gasteiger partial charge in [-0.3, -0.25) is 9.59 Å². The fourth-order valence-electron chi connectivity index (χ4n) is 4.23. The monoisotopic (exact) mass is 316 g/mol. The van der Waals surface area contributed by atoms with Crippen LogP contribution in [0, 0.1) is 11.3 Å². The summed E-state index contributed by atoms with van der Waals surface area (Å²) in [6, 6.07) is 7.84. The van der Waals surface area contributed by atoms with Gasteiger partial charge in [0.15, 0.2) is 0 Å². The molecule has 3 atom stereocenters. The first-order valence-electron chi connectivity index (χ1n) is 8.29. The summed E-state index contributed by atoms with van der Waals surface area (Å²) in [5.41, 5.74) is -0.765. The highest BCUT2D eigenvalue weighted by Gasteiger charge is 2.62. The molecule has 4 nitrogen and oxygen atoms in total. The predicted molar refractivity (Wildman–Crippen MR) is 86.3 cm³/mol. The lowest BCUT2D eigenvalue weighted by Gasteiger charge is -2.41. The highest BCUT2D eigenvalue weighted by molar-refractivity contribution is 5.94. The van der Waals surface area contributed by atoms with Crippen molar-refractivity contribution >= 4 is 11.6 Å². The summed E-state index contributed by atoms with van der Waals surface area (Å²) in [6.07, 6.45) is 2.92. The molecule has 0 aliphatic heterocycles. The molecule has 23 heavy (non-hydrogen) atoms. The molecule has 3 rings (SSSR count). The van der Waals surface area contributed by atoms with E-state index in [-0.39, 0.29) is 23.9 Å². The van der Waals surface area contributed by atoms with Crippen LogP contribution in [0.5, 0.6) is 5.75 Å². The molecule has 2 fully saturated rings. The molecule has 0 amide bonds. The third kappa shape index (κ3) is 2.69. The molecule has 0 aromatic heterocycles. The zero-order chi connectivity index (χ0) is 16.7. The Morgan fingerprint density at radius 2 is 2.13 bits per heavy atom. The Morgan fingerprint density at radius 3 is 2.87 bits per heavy atom. The van der Waals surface area contributed by atoms with E-state index in [9.17, 15) is 14.7 Å². The molecule has 0 heterocycles. The number of methoxy groups -OCH3 is 1. The topological polar surface area (TPSA) is 63.6 Å². The van der Waals surface area contributed by atoms with Crippen LogP contribution in [-0.4, -0.2) is 29.4 Å². The Labute approximate surface area is 136 Å². The van der Waals surface area contributed by atoms with Crippen LogP contribution in [0.4, 0.5) is 0 Å². The van der Waals surface area contributed by atoms with Gasteiger partial charge in [0.2, 0.25) is 0 Å². The summed E-state index contributed by atoms with van der Waals surface area (Å²) in [5, 5.41) is 10.9. The van der Waals surface area contributed by atoms with Crippen molar-refractivity contribution in [1.82, 2.24) is 0 Å². The highest BCUT2D eigenvalue weighted by Crippen LogP contribution is 2.54. The van der Waals surface area contributed by atoms with Gasteiger partial charge in [-0.25, -0.2) is 0 Å². The van der Waals surface area contributed by atoms with E-state index in [2.05, 4.69) is 0 Å². The SMILES string of the molecule is COc1cccc(CCC2C[C@@]3(O)CC(=O)CC[C@@]3(C)C2=O)c1. The van der Waals surface area contributed by atoms with Crippen LogP contribution >= 0.6 is 0 Å². The second kappa shape index (κ2) is 5.75. The molecule has 2 aliphatic carbocycles. The molecule has 2 saturated carbocycles. The summed E-state index contributed by atoms with van der Waals surface area (Å²) in [7, 11) is 1.64. The minimum atomic E-state index is -1.14. The van der Waals surface area contributed by atoms with E-state index in [4.69, 9.17) is 4.74 Å². The van der Waals surface area contributed by atoms with Crippen molar-refractivity contribution in [3.63, 3.8) is 0 Å². The number of hydrogen-bond acceptors (Lipinski definition) is 4. The fourth-order valence-corrected chi connectivity index (χ4v) is 4.23. The molecule has 1 aromatic rings. The molecule has 0 radical (unpaired) electrons. The van der Waals surface area contributed by atoms with E-state index in [0.29, 0.717) is 25.7 Å². The van der Waals surface area contributed by atoms with Crippen LogP contribution in [0.25, 0.3) is 0 Å². The lowest BCUT2D eigenvalue weighted by atomic mass is 9.65. The Balaban J connectivity index is 1.72. The first-order chi connectivity index (χ1) is 10.9. The van der Waals surface area contributed by atoms with Crippen molar-refractivity contribution in [3.8, 4) is 5.75 Å². The van der Waals surface area contributed by atoms with Gasteiger partial charge in [0, 0.05) is 18.8 Å². The zero-order valence-electron chi connectivity index (χ0n) is 13.8. The molecule has 0 spiro atoms. The number of benzene rings is 1. The van der Waals surface area contributed by atoms with E-state index < -0.39 is 11.0 Å². The average Bonchev–Trinajstić information content (AvgIpc) is 2.73. The normalized spacial score (nSPS) is 33.6. The largest absolute Gasteiger partial charge is 0.497 e. The maximum Gasteiger partial charge on any atom is 0.144 e. The third-order valence-corrected chi connectivity index (χ3v) is 5.83. The van der Waals surface area contributed by atoms with Gasteiger partial charge < -0.3 is 9.84 Å². The fraction of sp³-hybridized carbons (Fsp3) is 0.579. The molecule has 124 valence electrons. The number of carbonyl (C=O) groups is 2. The van der Waals surface area contributed by atoms with E-state index >= 15 is 0 Å². The smallest absolute Gasteiger partial charge is 0.144 e.